The molecule has 2 atom stereocenters. The molecule has 0 spiro atoms. The summed E-state index contributed by atoms with van der Waals surface area (Å²) in [6, 6.07) is 11.7. The minimum Gasteiger partial charge on any atom is -0.494 e. The van der Waals surface area contributed by atoms with Gasteiger partial charge in [0, 0.05) is 34.8 Å². The van der Waals surface area contributed by atoms with E-state index in [1.54, 1.807) is 0 Å². The fourth-order valence-electron chi connectivity index (χ4n) is 5.54. The maximum atomic E-state index is 12.7. The minimum absolute atomic E-state index is 0.0487. The molecule has 1 aliphatic carbocycles. The standard InChI is InChI=1S/C28H33Cl2NO4/c1-34-25(32)8-5-15-35-21-11-9-18(10-12-21)20-16-23(29)27(24(30)17-20)26(19-6-3-2-4-7-19)22-13-14-31-28(22)33/h9-12,16-17,19,22,26H,2-8,13-15H2,1H3,(H,31,33). The number of hydrogen-bond donors (Lipinski definition) is 1. The lowest BCUT2D eigenvalue weighted by atomic mass is 9.70. The molecule has 0 aromatic heterocycles. The van der Waals surface area contributed by atoms with Gasteiger partial charge in [0.2, 0.25) is 5.91 Å². The molecule has 2 aromatic carbocycles. The van der Waals surface area contributed by atoms with E-state index in [4.69, 9.17) is 27.9 Å². The predicted octanol–water partition coefficient (Wildman–Crippen LogP) is 6.79. The summed E-state index contributed by atoms with van der Waals surface area (Å²) in [7, 11) is 1.38. The molecule has 1 aliphatic heterocycles. The molecule has 188 valence electrons. The van der Waals surface area contributed by atoms with Gasteiger partial charge in [-0.05, 0) is 72.6 Å². The van der Waals surface area contributed by atoms with Gasteiger partial charge in [-0.15, -0.1) is 0 Å². The van der Waals surface area contributed by atoms with Gasteiger partial charge in [-0.2, -0.15) is 0 Å². The van der Waals surface area contributed by atoms with Crippen molar-refractivity contribution >= 4 is 35.1 Å². The van der Waals surface area contributed by atoms with Crippen molar-refractivity contribution in [1.82, 2.24) is 5.32 Å². The van der Waals surface area contributed by atoms with Crippen LogP contribution in [-0.2, 0) is 14.3 Å². The Kier molecular flexibility index (Phi) is 8.96. The molecule has 2 aromatic rings. The fraction of sp³-hybridized carbons (Fsp3) is 0.500. The molecule has 2 unspecified atom stereocenters. The van der Waals surface area contributed by atoms with E-state index in [2.05, 4.69) is 10.1 Å². The number of ether oxygens (including phenoxy) is 2. The van der Waals surface area contributed by atoms with Crippen LogP contribution in [0.5, 0.6) is 5.75 Å². The van der Waals surface area contributed by atoms with Gasteiger partial charge in [0.05, 0.1) is 13.7 Å². The Morgan fingerprint density at radius 1 is 1.03 bits per heavy atom. The first kappa shape index (κ1) is 25.8. The first-order chi connectivity index (χ1) is 17.0. The Balaban J connectivity index is 1.52. The van der Waals surface area contributed by atoms with Gasteiger partial charge in [0.25, 0.3) is 0 Å². The third-order valence-corrected chi connectivity index (χ3v) is 7.93. The lowest BCUT2D eigenvalue weighted by Crippen LogP contribution is -2.30. The highest BCUT2D eigenvalue weighted by Crippen LogP contribution is 2.48. The summed E-state index contributed by atoms with van der Waals surface area (Å²) < 4.78 is 10.4. The number of halogens is 2. The van der Waals surface area contributed by atoms with Crippen LogP contribution in [0.2, 0.25) is 10.0 Å². The third-order valence-electron chi connectivity index (χ3n) is 7.30. The van der Waals surface area contributed by atoms with Crippen LogP contribution < -0.4 is 10.1 Å². The summed E-state index contributed by atoms with van der Waals surface area (Å²) >= 11 is 13.8. The van der Waals surface area contributed by atoms with Crippen molar-refractivity contribution in [3.8, 4) is 16.9 Å². The molecule has 2 aliphatic rings. The van der Waals surface area contributed by atoms with Crippen LogP contribution >= 0.6 is 23.2 Å². The van der Waals surface area contributed by atoms with Crippen molar-refractivity contribution in [2.75, 3.05) is 20.3 Å². The third kappa shape index (κ3) is 6.31. The van der Waals surface area contributed by atoms with Gasteiger partial charge < -0.3 is 14.8 Å². The average Bonchev–Trinajstić information content (AvgIpc) is 3.29. The highest BCUT2D eigenvalue weighted by atomic mass is 35.5. The first-order valence-corrected chi connectivity index (χ1v) is 13.3. The number of hydrogen-bond acceptors (Lipinski definition) is 4. The molecule has 7 heteroatoms. The van der Waals surface area contributed by atoms with Gasteiger partial charge in [-0.3, -0.25) is 9.59 Å². The average molecular weight is 518 g/mol. The van der Waals surface area contributed by atoms with E-state index in [0.29, 0.717) is 35.4 Å². The number of benzene rings is 2. The summed E-state index contributed by atoms with van der Waals surface area (Å²) in [5.41, 5.74) is 2.84. The highest BCUT2D eigenvalue weighted by molar-refractivity contribution is 6.36. The Labute approximate surface area is 217 Å². The summed E-state index contributed by atoms with van der Waals surface area (Å²) in [6.07, 6.45) is 7.64. The van der Waals surface area contributed by atoms with Gasteiger partial charge in [-0.25, -0.2) is 0 Å². The quantitative estimate of drug-likeness (QED) is 0.293. The molecule has 35 heavy (non-hydrogen) atoms. The van der Waals surface area contributed by atoms with Crippen LogP contribution in [0.3, 0.4) is 0 Å². The van der Waals surface area contributed by atoms with Gasteiger partial charge in [-0.1, -0.05) is 54.6 Å². The Morgan fingerprint density at radius 3 is 2.31 bits per heavy atom. The molecule has 2 fully saturated rings. The van der Waals surface area contributed by atoms with E-state index >= 15 is 0 Å². The van der Waals surface area contributed by atoms with Crippen LogP contribution in [0.25, 0.3) is 11.1 Å². The van der Waals surface area contributed by atoms with Crippen molar-refractivity contribution in [1.29, 1.82) is 0 Å². The van der Waals surface area contributed by atoms with E-state index < -0.39 is 0 Å². The molecule has 5 nitrogen and oxygen atoms in total. The van der Waals surface area contributed by atoms with E-state index in [9.17, 15) is 9.59 Å². The molecule has 1 saturated heterocycles. The van der Waals surface area contributed by atoms with E-state index in [1.165, 1.54) is 26.4 Å². The zero-order valence-electron chi connectivity index (χ0n) is 20.2. The second-order valence-electron chi connectivity index (χ2n) is 9.52. The van der Waals surface area contributed by atoms with Crippen molar-refractivity contribution in [3.05, 3.63) is 52.0 Å². The maximum Gasteiger partial charge on any atom is 0.305 e. The van der Waals surface area contributed by atoms with Crippen LogP contribution in [-0.4, -0.2) is 32.1 Å². The molecule has 1 saturated carbocycles. The van der Waals surface area contributed by atoms with Crippen LogP contribution in [0.4, 0.5) is 0 Å². The molecule has 1 heterocycles. The SMILES string of the molecule is COC(=O)CCCOc1ccc(-c2cc(Cl)c(C(C3CCCCC3)C3CCNC3=O)c(Cl)c2)cc1. The molecular formula is C28H33Cl2NO4. The number of rotatable bonds is 9. The summed E-state index contributed by atoms with van der Waals surface area (Å²) in [4.78, 5) is 23.9. The Hall–Kier alpha value is -2.24. The number of methoxy groups -OCH3 is 1. The fourth-order valence-corrected chi connectivity index (χ4v) is 6.28. The van der Waals surface area contributed by atoms with Crippen LogP contribution in [0, 0.1) is 11.8 Å². The lowest BCUT2D eigenvalue weighted by Gasteiger charge is -2.34. The largest absolute Gasteiger partial charge is 0.494 e. The van der Waals surface area contributed by atoms with Gasteiger partial charge >= 0.3 is 5.97 Å². The predicted molar refractivity (Wildman–Crippen MR) is 139 cm³/mol. The van der Waals surface area contributed by atoms with Crippen LogP contribution in [0.15, 0.2) is 36.4 Å². The minimum atomic E-state index is -0.236. The maximum absolute atomic E-state index is 12.7. The molecule has 1 amide bonds. The second-order valence-corrected chi connectivity index (χ2v) is 10.3. The topological polar surface area (TPSA) is 64.6 Å². The molecule has 4 rings (SSSR count). The summed E-state index contributed by atoms with van der Waals surface area (Å²) in [5, 5.41) is 4.27. The highest BCUT2D eigenvalue weighted by Gasteiger charge is 2.40. The van der Waals surface area contributed by atoms with E-state index in [0.717, 1.165) is 48.2 Å². The number of amides is 1. The van der Waals surface area contributed by atoms with E-state index in [-0.39, 0.29) is 23.7 Å². The number of esters is 1. The second kappa shape index (κ2) is 12.1. The smallest absolute Gasteiger partial charge is 0.305 e. The van der Waals surface area contributed by atoms with Crippen molar-refractivity contribution in [2.45, 2.75) is 57.3 Å². The molecule has 0 radical (unpaired) electrons. The van der Waals surface area contributed by atoms with Crippen molar-refractivity contribution in [2.24, 2.45) is 11.8 Å². The molecule has 0 bridgehead atoms. The lowest BCUT2D eigenvalue weighted by molar-refractivity contribution is -0.140. The number of carbonyl (C=O) groups excluding carboxylic acids is 2. The van der Waals surface area contributed by atoms with Gasteiger partial charge in [0.15, 0.2) is 0 Å². The number of nitrogens with one attached hydrogen (secondary N) is 1. The molecule has 1 N–H and O–H groups in total. The molecular weight excluding hydrogens is 485 g/mol. The van der Waals surface area contributed by atoms with E-state index in [1.807, 2.05) is 36.4 Å². The summed E-state index contributed by atoms with van der Waals surface area (Å²) in [6.45, 7) is 1.16. The van der Waals surface area contributed by atoms with Crippen molar-refractivity contribution < 1.29 is 19.1 Å². The summed E-state index contributed by atoms with van der Waals surface area (Å²) in [5.74, 6) is 1.02. The van der Waals surface area contributed by atoms with Gasteiger partial charge in [0.1, 0.15) is 5.75 Å². The Bertz CT molecular complexity index is 1010. The Morgan fingerprint density at radius 2 is 1.71 bits per heavy atom. The number of carbonyl (C=O) groups is 2. The zero-order chi connectivity index (χ0) is 24.8. The first-order valence-electron chi connectivity index (χ1n) is 12.5. The van der Waals surface area contributed by atoms with Crippen LogP contribution in [0.1, 0.15) is 62.8 Å². The zero-order valence-corrected chi connectivity index (χ0v) is 21.7. The normalized spacial score (nSPS) is 19.3. The van der Waals surface area contributed by atoms with Crippen molar-refractivity contribution in [3.63, 3.8) is 0 Å². The monoisotopic (exact) mass is 517 g/mol.